The monoisotopic (exact) mass is 535 g/mol. The van der Waals surface area contributed by atoms with E-state index in [1.807, 2.05) is 6.07 Å². The number of hydrogen-bond acceptors (Lipinski definition) is 6. The number of carbonyl (C=O) groups is 1. The van der Waals surface area contributed by atoms with Gasteiger partial charge in [0.05, 0.1) is 18.2 Å². The highest BCUT2D eigenvalue weighted by Crippen LogP contribution is 2.41. The summed E-state index contributed by atoms with van der Waals surface area (Å²) >= 11 is 6.68. The number of hydrogen-bond donors (Lipinski definition) is 2. The summed E-state index contributed by atoms with van der Waals surface area (Å²) in [4.78, 5) is 20.9. The molecule has 38 heavy (non-hydrogen) atoms. The van der Waals surface area contributed by atoms with E-state index < -0.39 is 18.1 Å². The van der Waals surface area contributed by atoms with Crippen molar-refractivity contribution >= 4 is 23.3 Å². The van der Waals surface area contributed by atoms with Gasteiger partial charge in [-0.3, -0.25) is 14.7 Å². The van der Waals surface area contributed by atoms with Gasteiger partial charge < -0.3 is 19.7 Å². The molecule has 2 N–H and O–H groups in total. The van der Waals surface area contributed by atoms with Crippen LogP contribution in [0.4, 0.5) is 5.69 Å². The van der Waals surface area contributed by atoms with Crippen molar-refractivity contribution in [2.45, 2.75) is 51.5 Å². The summed E-state index contributed by atoms with van der Waals surface area (Å²) in [5, 5.41) is 19.9. The van der Waals surface area contributed by atoms with E-state index in [2.05, 4.69) is 28.9 Å². The lowest BCUT2D eigenvalue weighted by Gasteiger charge is -2.33. The summed E-state index contributed by atoms with van der Waals surface area (Å²) in [7, 11) is 1.62. The molecule has 8 nitrogen and oxygen atoms in total. The van der Waals surface area contributed by atoms with Gasteiger partial charge in [-0.1, -0.05) is 29.8 Å². The fraction of sp³-hybridized carbons (Fsp3) is 0.345. The van der Waals surface area contributed by atoms with E-state index >= 15 is 0 Å². The van der Waals surface area contributed by atoms with E-state index in [9.17, 15) is 15.0 Å². The molecule has 9 heteroatoms. The van der Waals surface area contributed by atoms with Crippen molar-refractivity contribution in [2.24, 2.45) is 0 Å². The SMILES string of the molecule is [C-]#[N+]c1cncc(COc2cc(O[C@H]3CCc4c(C)cccc43)c(Cl)cc2CN(C)[C@@](C)(CO)C(=O)O)c1. The van der Waals surface area contributed by atoms with Crippen LogP contribution in [-0.4, -0.2) is 45.3 Å². The number of nitrogens with zero attached hydrogens (tertiary/aromatic N) is 3. The number of aryl methyl sites for hydroxylation is 1. The van der Waals surface area contributed by atoms with Crippen LogP contribution in [0, 0.1) is 13.5 Å². The van der Waals surface area contributed by atoms with Crippen molar-refractivity contribution in [3.05, 3.63) is 93.0 Å². The van der Waals surface area contributed by atoms with Gasteiger partial charge in [-0.25, -0.2) is 4.85 Å². The van der Waals surface area contributed by atoms with Gasteiger partial charge in [0.15, 0.2) is 0 Å². The van der Waals surface area contributed by atoms with Crippen LogP contribution in [0.5, 0.6) is 11.5 Å². The third-order valence-corrected chi connectivity index (χ3v) is 7.45. The minimum atomic E-state index is -1.50. The lowest BCUT2D eigenvalue weighted by Crippen LogP contribution is -2.52. The molecule has 2 atom stereocenters. The normalized spacial score (nSPS) is 16.0. The summed E-state index contributed by atoms with van der Waals surface area (Å²) in [5.41, 5.74) is 3.92. The second-order valence-corrected chi connectivity index (χ2v) is 10.1. The van der Waals surface area contributed by atoms with E-state index in [0.29, 0.717) is 33.3 Å². The zero-order valence-corrected chi connectivity index (χ0v) is 22.3. The number of likely N-dealkylation sites (N-methyl/N-ethyl adjacent to an activating group) is 1. The average molecular weight is 536 g/mol. The van der Waals surface area contributed by atoms with Crippen LogP contribution < -0.4 is 9.47 Å². The molecule has 0 fully saturated rings. The molecule has 1 aromatic heterocycles. The maximum absolute atomic E-state index is 11.9. The molecule has 0 aliphatic heterocycles. The van der Waals surface area contributed by atoms with Crippen LogP contribution >= 0.6 is 11.6 Å². The van der Waals surface area contributed by atoms with E-state index in [1.165, 1.54) is 29.1 Å². The lowest BCUT2D eigenvalue weighted by molar-refractivity contribution is -0.152. The van der Waals surface area contributed by atoms with Crippen LogP contribution in [0.3, 0.4) is 0 Å². The number of carboxylic acid groups (broad SMARTS) is 1. The predicted octanol–water partition coefficient (Wildman–Crippen LogP) is 5.51. The van der Waals surface area contributed by atoms with Gasteiger partial charge in [0, 0.05) is 30.6 Å². The maximum Gasteiger partial charge on any atom is 0.326 e. The van der Waals surface area contributed by atoms with Gasteiger partial charge in [0.1, 0.15) is 29.7 Å². The molecule has 0 amide bonds. The fourth-order valence-electron chi connectivity index (χ4n) is 4.56. The first-order valence-corrected chi connectivity index (χ1v) is 12.6. The molecule has 0 saturated heterocycles. The summed E-state index contributed by atoms with van der Waals surface area (Å²) in [6, 6.07) is 11.3. The number of aliphatic hydroxyl groups is 1. The molecule has 1 heterocycles. The molecule has 1 aliphatic rings. The second-order valence-electron chi connectivity index (χ2n) is 9.72. The Morgan fingerprint density at radius 1 is 1.29 bits per heavy atom. The van der Waals surface area contributed by atoms with E-state index in [0.717, 1.165) is 18.4 Å². The van der Waals surface area contributed by atoms with Crippen LogP contribution in [0.15, 0.2) is 48.8 Å². The van der Waals surface area contributed by atoms with Crippen molar-refractivity contribution in [3.63, 3.8) is 0 Å². The molecular weight excluding hydrogens is 506 g/mol. The highest BCUT2D eigenvalue weighted by molar-refractivity contribution is 6.32. The third kappa shape index (κ3) is 5.60. The number of benzene rings is 2. The van der Waals surface area contributed by atoms with Gasteiger partial charge in [-0.15, -0.1) is 0 Å². The lowest BCUT2D eigenvalue weighted by atomic mass is 10.0. The van der Waals surface area contributed by atoms with Crippen LogP contribution in [0.1, 0.15) is 47.3 Å². The highest BCUT2D eigenvalue weighted by atomic mass is 35.5. The molecule has 0 saturated carbocycles. The molecule has 3 aromatic rings. The Morgan fingerprint density at radius 3 is 2.79 bits per heavy atom. The topological polar surface area (TPSA) is 96.5 Å². The number of aromatic nitrogens is 1. The minimum absolute atomic E-state index is 0.135. The Hall–Kier alpha value is -3.64. The first kappa shape index (κ1) is 27.4. The van der Waals surface area contributed by atoms with Crippen molar-refractivity contribution < 1.29 is 24.5 Å². The van der Waals surface area contributed by atoms with Crippen molar-refractivity contribution in [1.29, 1.82) is 0 Å². The molecule has 0 bridgehead atoms. The first-order chi connectivity index (χ1) is 18.2. The Balaban J connectivity index is 1.66. The minimum Gasteiger partial charge on any atom is -0.488 e. The fourth-order valence-corrected chi connectivity index (χ4v) is 4.79. The largest absolute Gasteiger partial charge is 0.488 e. The molecule has 0 unspecified atom stereocenters. The van der Waals surface area contributed by atoms with Gasteiger partial charge in [-0.2, -0.15) is 0 Å². The molecule has 0 radical (unpaired) electrons. The number of carboxylic acids is 1. The van der Waals surface area contributed by atoms with E-state index in [4.69, 9.17) is 27.6 Å². The quantitative estimate of drug-likeness (QED) is 0.330. The number of rotatable bonds is 10. The summed E-state index contributed by atoms with van der Waals surface area (Å²) in [6.07, 6.45) is 4.72. The number of ether oxygens (including phenoxy) is 2. The zero-order valence-electron chi connectivity index (χ0n) is 21.6. The Morgan fingerprint density at radius 2 is 2.08 bits per heavy atom. The maximum atomic E-state index is 11.9. The first-order valence-electron chi connectivity index (χ1n) is 12.2. The Bertz CT molecular complexity index is 1390. The summed E-state index contributed by atoms with van der Waals surface area (Å²) in [6.45, 7) is 10.5. The van der Waals surface area contributed by atoms with Crippen LogP contribution in [-0.2, 0) is 24.4 Å². The molecule has 1 aliphatic carbocycles. The summed E-state index contributed by atoms with van der Waals surface area (Å²) < 4.78 is 12.6. The molecule has 2 aromatic carbocycles. The summed E-state index contributed by atoms with van der Waals surface area (Å²) in [5.74, 6) is -0.227. The zero-order chi connectivity index (χ0) is 27.4. The number of aliphatic carboxylic acids is 1. The number of fused-ring (bicyclic) bond motifs is 1. The Kier molecular flexibility index (Phi) is 8.22. The van der Waals surface area contributed by atoms with Gasteiger partial charge in [0.25, 0.3) is 0 Å². The van der Waals surface area contributed by atoms with Crippen molar-refractivity contribution in [1.82, 2.24) is 9.88 Å². The van der Waals surface area contributed by atoms with Gasteiger partial charge >= 0.3 is 5.97 Å². The van der Waals surface area contributed by atoms with Crippen molar-refractivity contribution in [2.75, 3.05) is 13.7 Å². The molecule has 198 valence electrons. The third-order valence-electron chi connectivity index (χ3n) is 7.16. The van der Waals surface area contributed by atoms with Crippen molar-refractivity contribution in [3.8, 4) is 11.5 Å². The van der Waals surface area contributed by atoms with E-state index in [-0.39, 0.29) is 19.3 Å². The van der Waals surface area contributed by atoms with E-state index in [1.54, 1.807) is 31.4 Å². The van der Waals surface area contributed by atoms with Crippen LogP contribution in [0.2, 0.25) is 5.02 Å². The number of halogens is 1. The van der Waals surface area contributed by atoms with Crippen LogP contribution in [0.25, 0.3) is 4.85 Å². The average Bonchev–Trinajstić information content (AvgIpc) is 3.32. The highest BCUT2D eigenvalue weighted by Gasteiger charge is 2.37. The van der Waals surface area contributed by atoms with Gasteiger partial charge in [-0.05, 0) is 68.1 Å². The molecular formula is C29H30ClN3O5. The Labute approximate surface area is 227 Å². The second kappa shape index (κ2) is 11.4. The molecule has 4 rings (SSSR count). The predicted molar refractivity (Wildman–Crippen MR) is 144 cm³/mol. The standard InChI is InChI=1S/C29H30ClN3O5/c1-18-6-5-7-23-22(18)8-9-25(23)38-27-12-26(37-16-19-10-21(31-3)14-32-13-19)20(11-24(27)30)15-33(4)29(2,17-34)28(35)36/h5-7,10-14,25,34H,8-9,15-17H2,1-2,4H3,(H,35,36)/t25-,29-/m0/s1. The number of aliphatic hydroxyl groups excluding tert-OH is 1. The molecule has 0 spiro atoms. The smallest absolute Gasteiger partial charge is 0.326 e. The van der Waals surface area contributed by atoms with Gasteiger partial charge in [0.2, 0.25) is 5.69 Å². The number of pyridine rings is 1.